The average molecular weight is 251 g/mol. The van der Waals surface area contributed by atoms with Crippen LogP contribution in [0.3, 0.4) is 0 Å². The second-order valence-corrected chi connectivity index (χ2v) is 5.63. The minimum absolute atomic E-state index is 0.257. The maximum Gasteiger partial charge on any atom is 0.227 e. The monoisotopic (exact) mass is 251 g/mol. The molecule has 0 aliphatic carbocycles. The molecule has 0 fully saturated rings. The molecular formula is C12H17N3OS. The molecular weight excluding hydrogens is 234 g/mol. The highest BCUT2D eigenvalue weighted by atomic mass is 32.1. The summed E-state index contributed by atoms with van der Waals surface area (Å²) in [5.74, 6) is 1.28. The van der Waals surface area contributed by atoms with Crippen molar-refractivity contribution in [1.29, 1.82) is 0 Å². The third-order valence-corrected chi connectivity index (χ3v) is 2.83. The van der Waals surface area contributed by atoms with Gasteiger partial charge in [0.15, 0.2) is 0 Å². The van der Waals surface area contributed by atoms with Crippen molar-refractivity contribution in [2.45, 2.75) is 33.3 Å². The summed E-state index contributed by atoms with van der Waals surface area (Å²) in [6.45, 7) is 8.86. The number of anilines is 1. The van der Waals surface area contributed by atoms with Gasteiger partial charge in [-0.3, -0.25) is 0 Å². The summed E-state index contributed by atoms with van der Waals surface area (Å²) in [6.07, 6.45) is 0. The minimum atomic E-state index is -0.257. The zero-order valence-electron chi connectivity index (χ0n) is 10.6. The molecule has 0 bridgehead atoms. The van der Waals surface area contributed by atoms with E-state index in [9.17, 15) is 0 Å². The molecule has 0 unspecified atom stereocenters. The number of rotatable bonds is 3. The van der Waals surface area contributed by atoms with Gasteiger partial charge < -0.3 is 10.1 Å². The highest BCUT2D eigenvalue weighted by molar-refractivity contribution is 7.16. The molecule has 0 aromatic carbocycles. The summed E-state index contributed by atoms with van der Waals surface area (Å²) < 4.78 is 5.88. The summed E-state index contributed by atoms with van der Waals surface area (Å²) in [6, 6.07) is 2.00. The smallest absolute Gasteiger partial charge is 0.227 e. The highest BCUT2D eigenvalue weighted by Gasteiger charge is 2.17. The van der Waals surface area contributed by atoms with Gasteiger partial charge in [0, 0.05) is 6.54 Å². The van der Waals surface area contributed by atoms with Gasteiger partial charge >= 0.3 is 0 Å². The third kappa shape index (κ3) is 2.85. The first-order valence-corrected chi connectivity index (χ1v) is 6.55. The van der Waals surface area contributed by atoms with Crippen LogP contribution in [-0.2, 0) is 0 Å². The molecule has 17 heavy (non-hydrogen) atoms. The number of thiophene rings is 1. The van der Waals surface area contributed by atoms with Crippen molar-refractivity contribution >= 4 is 27.5 Å². The molecule has 0 aliphatic heterocycles. The molecule has 0 aliphatic rings. The fourth-order valence-corrected chi connectivity index (χ4v) is 2.19. The van der Waals surface area contributed by atoms with Gasteiger partial charge in [-0.15, -0.1) is 11.3 Å². The predicted molar refractivity (Wildman–Crippen MR) is 72.0 cm³/mol. The lowest BCUT2D eigenvalue weighted by Crippen LogP contribution is -2.24. The molecule has 0 radical (unpaired) electrons. The number of nitrogens with zero attached hydrogens (tertiary/aromatic N) is 2. The van der Waals surface area contributed by atoms with E-state index in [1.165, 1.54) is 0 Å². The largest absolute Gasteiger partial charge is 0.471 e. The Morgan fingerprint density at radius 3 is 2.76 bits per heavy atom. The first-order valence-electron chi connectivity index (χ1n) is 5.68. The fourth-order valence-electron chi connectivity index (χ4n) is 1.43. The Hall–Kier alpha value is -1.36. The van der Waals surface area contributed by atoms with E-state index in [-0.39, 0.29) is 5.60 Å². The molecule has 2 heterocycles. The van der Waals surface area contributed by atoms with E-state index in [0.717, 1.165) is 16.8 Å². The molecule has 0 atom stereocenters. The van der Waals surface area contributed by atoms with Crippen LogP contribution in [0.5, 0.6) is 5.88 Å². The quantitative estimate of drug-likeness (QED) is 0.909. The van der Waals surface area contributed by atoms with E-state index in [1.54, 1.807) is 11.3 Å². The van der Waals surface area contributed by atoms with Gasteiger partial charge in [0.25, 0.3) is 0 Å². The van der Waals surface area contributed by atoms with E-state index in [2.05, 4.69) is 15.3 Å². The topological polar surface area (TPSA) is 47.0 Å². The van der Waals surface area contributed by atoms with Crippen molar-refractivity contribution in [3.05, 3.63) is 11.4 Å². The van der Waals surface area contributed by atoms with Gasteiger partial charge in [0.2, 0.25) is 11.8 Å². The molecule has 5 heteroatoms. The van der Waals surface area contributed by atoms with Gasteiger partial charge in [-0.25, -0.2) is 4.98 Å². The number of ether oxygens (including phenoxy) is 1. The lowest BCUT2D eigenvalue weighted by molar-refractivity contribution is 0.126. The maximum atomic E-state index is 5.88. The van der Waals surface area contributed by atoms with Crippen LogP contribution >= 0.6 is 11.3 Å². The van der Waals surface area contributed by atoms with Crippen molar-refractivity contribution in [2.24, 2.45) is 0 Å². The van der Waals surface area contributed by atoms with Crippen LogP contribution in [0.1, 0.15) is 27.7 Å². The van der Waals surface area contributed by atoms with E-state index in [0.29, 0.717) is 11.8 Å². The molecule has 2 aromatic rings. The number of hydrogen-bond donors (Lipinski definition) is 1. The van der Waals surface area contributed by atoms with Crippen LogP contribution in [0.25, 0.3) is 10.2 Å². The van der Waals surface area contributed by atoms with Crippen molar-refractivity contribution in [2.75, 3.05) is 11.9 Å². The maximum absolute atomic E-state index is 5.88. The predicted octanol–water partition coefficient (Wildman–Crippen LogP) is 3.30. The van der Waals surface area contributed by atoms with Gasteiger partial charge in [0.05, 0.1) is 5.39 Å². The van der Waals surface area contributed by atoms with Crippen LogP contribution < -0.4 is 10.1 Å². The number of hydrogen-bond acceptors (Lipinski definition) is 5. The molecule has 0 spiro atoms. The van der Waals surface area contributed by atoms with E-state index < -0.39 is 0 Å². The Morgan fingerprint density at radius 1 is 1.35 bits per heavy atom. The second kappa shape index (κ2) is 4.49. The lowest BCUT2D eigenvalue weighted by atomic mass is 10.2. The second-order valence-electron chi connectivity index (χ2n) is 4.74. The number of nitrogens with one attached hydrogen (secondary N) is 1. The molecule has 2 rings (SSSR count). The van der Waals surface area contributed by atoms with E-state index in [1.807, 2.05) is 39.1 Å². The molecule has 0 saturated heterocycles. The van der Waals surface area contributed by atoms with Gasteiger partial charge in [-0.1, -0.05) is 0 Å². The first-order chi connectivity index (χ1) is 7.99. The van der Waals surface area contributed by atoms with Gasteiger partial charge in [-0.2, -0.15) is 4.98 Å². The Morgan fingerprint density at radius 2 is 2.12 bits per heavy atom. The van der Waals surface area contributed by atoms with E-state index >= 15 is 0 Å². The summed E-state index contributed by atoms with van der Waals surface area (Å²) in [5.41, 5.74) is -0.257. The van der Waals surface area contributed by atoms with Crippen LogP contribution in [-0.4, -0.2) is 22.1 Å². The molecule has 4 nitrogen and oxygen atoms in total. The standard InChI is InChI=1S/C12H17N3OS/c1-5-13-11-14-9(16-12(2,3)4)8-6-7-17-10(8)15-11/h6-7H,5H2,1-4H3,(H,13,14,15). The first kappa shape index (κ1) is 12.1. The number of aromatic nitrogens is 2. The summed E-state index contributed by atoms with van der Waals surface area (Å²) in [7, 11) is 0. The van der Waals surface area contributed by atoms with Crippen LogP contribution in [0.15, 0.2) is 11.4 Å². The molecule has 2 aromatic heterocycles. The van der Waals surface area contributed by atoms with Crippen LogP contribution in [0.4, 0.5) is 5.95 Å². The molecule has 0 amide bonds. The van der Waals surface area contributed by atoms with Gasteiger partial charge in [-0.05, 0) is 39.1 Å². The molecule has 92 valence electrons. The summed E-state index contributed by atoms with van der Waals surface area (Å²) >= 11 is 1.60. The summed E-state index contributed by atoms with van der Waals surface area (Å²) in [5, 5.41) is 6.10. The average Bonchev–Trinajstić information content (AvgIpc) is 2.63. The van der Waals surface area contributed by atoms with Crippen LogP contribution in [0.2, 0.25) is 0 Å². The van der Waals surface area contributed by atoms with Gasteiger partial charge in [0.1, 0.15) is 10.4 Å². The third-order valence-electron chi connectivity index (χ3n) is 2.03. The molecule has 1 N–H and O–H groups in total. The van der Waals surface area contributed by atoms with Crippen molar-refractivity contribution in [1.82, 2.24) is 9.97 Å². The summed E-state index contributed by atoms with van der Waals surface area (Å²) in [4.78, 5) is 9.80. The Balaban J connectivity index is 2.47. The van der Waals surface area contributed by atoms with Crippen LogP contribution in [0, 0.1) is 0 Å². The fraction of sp³-hybridized carbons (Fsp3) is 0.500. The Labute approximate surface area is 105 Å². The van der Waals surface area contributed by atoms with Crippen molar-refractivity contribution < 1.29 is 4.74 Å². The Bertz CT molecular complexity index is 516. The minimum Gasteiger partial charge on any atom is -0.471 e. The lowest BCUT2D eigenvalue weighted by Gasteiger charge is -2.21. The van der Waals surface area contributed by atoms with Crippen molar-refractivity contribution in [3.63, 3.8) is 0 Å². The van der Waals surface area contributed by atoms with E-state index in [4.69, 9.17) is 4.74 Å². The highest BCUT2D eigenvalue weighted by Crippen LogP contribution is 2.30. The zero-order valence-corrected chi connectivity index (χ0v) is 11.4. The Kier molecular flexibility index (Phi) is 3.19. The molecule has 0 saturated carbocycles. The number of fused-ring (bicyclic) bond motifs is 1. The van der Waals surface area contributed by atoms with Crippen molar-refractivity contribution in [3.8, 4) is 5.88 Å². The zero-order chi connectivity index (χ0) is 12.5. The normalized spacial score (nSPS) is 11.8. The SMILES string of the molecule is CCNc1nc(OC(C)(C)C)c2ccsc2n1.